The first-order valence-electron chi connectivity index (χ1n) is 9.34. The number of nitrogens with two attached hydrogens (primary N) is 3. The van der Waals surface area contributed by atoms with E-state index in [1.54, 1.807) is 0 Å². The summed E-state index contributed by atoms with van der Waals surface area (Å²) >= 11 is 0. The Morgan fingerprint density at radius 3 is 0.478 bits per heavy atom. The summed E-state index contributed by atoms with van der Waals surface area (Å²) in [5.74, 6) is -18.0. The molecule has 0 radical (unpaired) electrons. The van der Waals surface area contributed by atoms with Crippen LogP contribution in [0.3, 0.4) is 0 Å². The van der Waals surface area contributed by atoms with E-state index in [-0.39, 0.29) is 128 Å². The zero-order valence-electron chi connectivity index (χ0n) is 24.1. The summed E-state index contributed by atoms with van der Waals surface area (Å²) in [5.41, 5.74) is -8.92. The number of carbonyl (C=O) groups excluding carboxylic acids is 9. The third-order valence-electron chi connectivity index (χ3n) is 3.76. The maximum atomic E-state index is 10.1. The zero-order valence-corrected chi connectivity index (χ0v) is 33.0. The van der Waals surface area contributed by atoms with Crippen molar-refractivity contribution in [1.82, 2.24) is 0 Å². The summed E-state index contributed by atoms with van der Waals surface area (Å²) in [5, 5.41) is 117. The fraction of sp³-hybridized carbons (Fsp3) is 0.500. The molecule has 0 unspecified atom stereocenters. The average Bonchev–Trinajstić information content (AvgIpc) is 2.64. The molecule has 0 saturated heterocycles. The van der Waals surface area contributed by atoms with Crippen LogP contribution in [0.1, 0.15) is 38.5 Å². The molecular formula is C18H21N3Na3O21W-3. The van der Waals surface area contributed by atoms with Gasteiger partial charge in [0.1, 0.15) is 16.8 Å². The van der Waals surface area contributed by atoms with Crippen molar-refractivity contribution in [2.75, 3.05) is 0 Å². The molecule has 0 heterocycles. The number of hydrogen-bond acceptors (Lipinski definition) is 21. The van der Waals surface area contributed by atoms with Crippen LogP contribution in [0.2, 0.25) is 0 Å². The molecule has 0 aliphatic rings. The van der Waals surface area contributed by atoms with Gasteiger partial charge in [0.2, 0.25) is 0 Å². The quantitative estimate of drug-likeness (QED) is 0.129. The Bertz CT molecular complexity index is 844. The van der Waals surface area contributed by atoms with Crippen LogP contribution in [0.5, 0.6) is 0 Å². The van der Waals surface area contributed by atoms with Crippen LogP contribution >= 0.6 is 0 Å². The minimum Gasteiger partial charge on any atom is -0.693 e. The Morgan fingerprint density at radius 1 is 0.348 bits per heavy atom. The van der Waals surface area contributed by atoms with Crippen molar-refractivity contribution in [3.05, 3.63) is 18.5 Å². The molecule has 0 rings (SSSR count). The summed E-state index contributed by atoms with van der Waals surface area (Å²) in [4.78, 5) is 90.0. The van der Waals surface area contributed by atoms with Crippen LogP contribution in [0.15, 0.2) is 0 Å². The fourth-order valence-corrected chi connectivity index (χ4v) is 2.05. The van der Waals surface area contributed by atoms with Gasteiger partial charge in [-0.3, -0.25) is 0 Å². The summed E-state index contributed by atoms with van der Waals surface area (Å²) in [7, 11) is 0. The van der Waals surface area contributed by atoms with E-state index >= 15 is 0 Å². The molecule has 246 valence electrons. The topological polar surface area (TPSA) is 522 Å². The molecule has 28 heteroatoms. The van der Waals surface area contributed by atoms with Gasteiger partial charge in [-0.25, -0.2) is 0 Å². The largest absolute Gasteiger partial charge is 6.00 e. The first-order chi connectivity index (χ1) is 17.3. The summed E-state index contributed by atoms with van der Waals surface area (Å²) in [6, 6.07) is 0. The Kier molecular flexibility index (Phi) is 49.7. The Balaban J connectivity index is -0.0000000491. The molecule has 0 spiro atoms. The van der Waals surface area contributed by atoms with Gasteiger partial charge in [-0.1, -0.05) is 0 Å². The fourth-order valence-electron chi connectivity index (χ4n) is 2.05. The van der Waals surface area contributed by atoms with Crippen LogP contribution in [-0.2, 0) is 64.2 Å². The first kappa shape index (κ1) is 70.9. The van der Waals surface area contributed by atoms with E-state index in [0.29, 0.717) is 0 Å². The molecular weight excluding hydrogens is 847 g/mol. The van der Waals surface area contributed by atoms with Crippen LogP contribution in [-0.4, -0.2) is 85.8 Å². The summed E-state index contributed by atoms with van der Waals surface area (Å²) in [6.45, 7) is 0. The SMILES string of the molecule is O=C([O-])CC(O)(CC(=O)[O-])C(=O)[O-].O=C([O-])CC(O)(CC(=O)[O-])C(=O)[O-].O=C([O-])CC(O)(CC(=O)[O-])C(=O)[O-].[NH2-].[NH2-].[NH2-].[Na+].[Na+].[Na+].[W+6]. The second-order valence-electron chi connectivity index (χ2n) is 7.25. The predicted molar refractivity (Wildman–Crippen MR) is 103 cm³/mol. The van der Waals surface area contributed by atoms with Gasteiger partial charge in [0.25, 0.3) is 0 Å². The van der Waals surface area contributed by atoms with Gasteiger partial charge in [-0.2, -0.15) is 0 Å². The van der Waals surface area contributed by atoms with E-state index in [0.717, 1.165) is 0 Å². The van der Waals surface area contributed by atoms with Crippen molar-refractivity contribution in [2.45, 2.75) is 55.3 Å². The van der Waals surface area contributed by atoms with Crippen molar-refractivity contribution in [3.8, 4) is 0 Å². The maximum Gasteiger partial charge on any atom is 6.00 e. The van der Waals surface area contributed by atoms with E-state index in [2.05, 4.69) is 0 Å². The molecule has 0 aliphatic carbocycles. The van der Waals surface area contributed by atoms with Gasteiger partial charge in [0.15, 0.2) is 0 Å². The molecule has 0 aromatic rings. The third-order valence-corrected chi connectivity index (χ3v) is 3.76. The zero-order chi connectivity index (χ0) is 31.9. The van der Waals surface area contributed by atoms with Gasteiger partial charge < -0.3 is 123 Å². The molecule has 0 amide bonds. The van der Waals surface area contributed by atoms with Crippen LogP contribution in [0.25, 0.3) is 18.5 Å². The van der Waals surface area contributed by atoms with Crippen LogP contribution in [0.4, 0.5) is 0 Å². The molecule has 0 saturated carbocycles. The van der Waals surface area contributed by atoms with Crippen molar-refractivity contribution >= 4 is 53.7 Å². The van der Waals surface area contributed by atoms with Gasteiger partial charge in [-0.05, 0) is 0 Å². The first-order valence-corrected chi connectivity index (χ1v) is 9.34. The molecule has 46 heavy (non-hydrogen) atoms. The Morgan fingerprint density at radius 2 is 0.435 bits per heavy atom. The van der Waals surface area contributed by atoms with E-state index in [9.17, 15) is 89.1 Å². The minimum atomic E-state index is -2.97. The number of aliphatic hydroxyl groups is 3. The molecule has 0 aromatic heterocycles. The Hall–Kier alpha value is -1.32. The molecule has 0 aliphatic heterocycles. The van der Waals surface area contributed by atoms with Crippen molar-refractivity contribution in [1.29, 1.82) is 0 Å². The molecule has 9 N–H and O–H groups in total. The second kappa shape index (κ2) is 32.2. The van der Waals surface area contributed by atoms with Gasteiger partial charge in [0.05, 0.1) is 17.9 Å². The number of aliphatic carboxylic acids is 9. The van der Waals surface area contributed by atoms with Crippen molar-refractivity contribution in [3.63, 3.8) is 0 Å². The normalized spacial score (nSPS) is 9.20. The number of rotatable bonds is 15. The van der Waals surface area contributed by atoms with Gasteiger partial charge >= 0.3 is 110 Å². The summed E-state index contributed by atoms with van der Waals surface area (Å²) < 4.78 is 0. The number of carboxylic acid groups (broad SMARTS) is 9. The van der Waals surface area contributed by atoms with E-state index in [1.165, 1.54) is 0 Å². The molecule has 0 fully saturated rings. The standard InChI is InChI=1S/3C6H8O7.3H2N.3Na.W/c3*7-3(8)1-6(13,5(11)12)2-4(9)10;;;;;;;/h3*13H,1-2H2,(H,7,8)(H,9,10)(H,11,12);3*1H2;;;;/q;;;3*-1;3*+1;+6/p-9. The van der Waals surface area contributed by atoms with Crippen LogP contribution in [0, 0.1) is 0 Å². The second-order valence-corrected chi connectivity index (χ2v) is 7.25. The van der Waals surface area contributed by atoms with Crippen molar-refractivity contribution < 1.29 is 214 Å². The maximum absolute atomic E-state index is 10.1. The monoisotopic (exact) mass is 868 g/mol. The average molecular weight is 868 g/mol. The van der Waals surface area contributed by atoms with Gasteiger partial charge in [-0.15, -0.1) is 0 Å². The minimum absolute atomic E-state index is 0. The van der Waals surface area contributed by atoms with Crippen molar-refractivity contribution in [2.24, 2.45) is 0 Å². The third kappa shape index (κ3) is 34.0. The smallest absolute Gasteiger partial charge is 0.693 e. The van der Waals surface area contributed by atoms with E-state index in [4.69, 9.17) is 15.3 Å². The molecule has 0 aromatic carbocycles. The Labute approximate surface area is 338 Å². The molecule has 0 bridgehead atoms. The van der Waals surface area contributed by atoms with Gasteiger partial charge in [0, 0.05) is 74.3 Å². The van der Waals surface area contributed by atoms with Crippen LogP contribution < -0.4 is 135 Å². The van der Waals surface area contributed by atoms with E-state index < -0.39 is 109 Å². The summed E-state index contributed by atoms with van der Waals surface area (Å²) in [6.07, 6.45) is -8.15. The molecule has 0 atom stereocenters. The molecule has 24 nitrogen and oxygen atoms in total. The number of carboxylic acids is 9. The predicted octanol–water partition coefficient (Wildman–Crippen LogP) is -22.6. The van der Waals surface area contributed by atoms with E-state index in [1.807, 2.05) is 0 Å². The number of hydrogen-bond donors (Lipinski definition) is 3. The number of carbonyl (C=O) groups is 9.